The third kappa shape index (κ3) is 6.70. The van der Waals surface area contributed by atoms with E-state index < -0.39 is 5.41 Å². The summed E-state index contributed by atoms with van der Waals surface area (Å²) in [6.07, 6.45) is 6.94. The van der Waals surface area contributed by atoms with Crippen molar-refractivity contribution in [1.29, 1.82) is 5.26 Å². The molecular formula is C74H49N. The zero-order valence-electron chi connectivity index (χ0n) is 41.5. The van der Waals surface area contributed by atoms with Crippen molar-refractivity contribution in [2.24, 2.45) is 0 Å². The van der Waals surface area contributed by atoms with Gasteiger partial charge >= 0.3 is 0 Å². The number of hydrogen-bond acceptors (Lipinski definition) is 1. The zero-order valence-corrected chi connectivity index (χ0v) is 41.5. The lowest BCUT2D eigenvalue weighted by molar-refractivity contribution is 0.766. The van der Waals surface area contributed by atoms with Gasteiger partial charge in [-0.15, -0.1) is 0 Å². The van der Waals surface area contributed by atoms with Gasteiger partial charge in [-0.05, 0) is 160 Å². The molecule has 1 nitrogen and oxygen atoms in total. The van der Waals surface area contributed by atoms with Crippen LogP contribution in [0.3, 0.4) is 0 Å². The molecule has 0 saturated heterocycles. The summed E-state index contributed by atoms with van der Waals surface area (Å²) in [4.78, 5) is 0. The molecule has 1 heteroatoms. The van der Waals surface area contributed by atoms with E-state index >= 15 is 0 Å². The fraction of sp³-hybridized carbons (Fsp3) is 0.0405. The normalized spacial score (nSPS) is 15.2. The Morgan fingerprint density at radius 1 is 0.293 bits per heavy atom. The van der Waals surface area contributed by atoms with Crippen LogP contribution in [0.15, 0.2) is 261 Å². The van der Waals surface area contributed by atoms with Crippen molar-refractivity contribution in [2.45, 2.75) is 17.8 Å². The molecule has 0 bridgehead atoms. The molecule has 2 spiro atoms. The molecule has 0 N–H and O–H groups in total. The van der Waals surface area contributed by atoms with E-state index in [-0.39, 0.29) is 5.41 Å². The van der Waals surface area contributed by atoms with Crippen molar-refractivity contribution < 1.29 is 0 Å². The van der Waals surface area contributed by atoms with Crippen LogP contribution in [-0.4, -0.2) is 0 Å². The van der Waals surface area contributed by atoms with Gasteiger partial charge in [0.25, 0.3) is 0 Å². The number of aryl methyl sites for hydroxylation is 1. The maximum atomic E-state index is 9.44. The van der Waals surface area contributed by atoms with Crippen LogP contribution >= 0.6 is 0 Å². The second-order valence-corrected chi connectivity index (χ2v) is 20.2. The Morgan fingerprint density at radius 2 is 0.693 bits per heavy atom. The lowest BCUT2D eigenvalue weighted by Gasteiger charge is -2.35. The van der Waals surface area contributed by atoms with Crippen LogP contribution in [0.4, 0.5) is 0 Å². The van der Waals surface area contributed by atoms with Gasteiger partial charge in [0.15, 0.2) is 0 Å². The molecule has 0 aromatic heterocycles. The highest BCUT2D eigenvalue weighted by Crippen LogP contribution is 2.61. The van der Waals surface area contributed by atoms with Gasteiger partial charge in [-0.3, -0.25) is 0 Å². The first kappa shape index (κ1) is 44.1. The quantitative estimate of drug-likeness (QED) is 0.173. The van der Waals surface area contributed by atoms with Crippen molar-refractivity contribution in [3.8, 4) is 50.6 Å². The van der Waals surface area contributed by atoms with Crippen molar-refractivity contribution in [3.63, 3.8) is 0 Å². The maximum absolute atomic E-state index is 9.44. The van der Waals surface area contributed by atoms with Crippen molar-refractivity contribution in [3.05, 3.63) is 344 Å². The minimum atomic E-state index is -0.476. The standard InChI is InChI=1S/C41H27N.C33H22/c1-27-14-18-29(19-15-27)31-22-23-40-36(24-31)34-10-4-7-13-39(34)41(40)37-11-5-2-8-32(37)25-35(33-9-3-6-12-38(33)41)30-20-16-28(26-42)17-21-30;1-2-10-23(11-3-1)25-20-21-30-26(22-25)19-18-24-12-4-7-15-29(24)33(30)31-16-8-5-13-27(31)28-14-6-9-17-32(28)33/h2-25H,1H3;1-22H. The topological polar surface area (TPSA) is 23.8 Å². The Hall–Kier alpha value is -9.61. The largest absolute Gasteiger partial charge is 0.192 e. The molecule has 0 amide bonds. The summed E-state index contributed by atoms with van der Waals surface area (Å²) in [5.74, 6) is 0. The van der Waals surface area contributed by atoms with Crippen LogP contribution < -0.4 is 0 Å². The third-order valence-corrected chi connectivity index (χ3v) is 16.4. The fourth-order valence-corrected chi connectivity index (χ4v) is 13.1. The van der Waals surface area contributed by atoms with Gasteiger partial charge in [0.2, 0.25) is 0 Å². The van der Waals surface area contributed by atoms with Crippen molar-refractivity contribution >= 4 is 23.8 Å². The lowest BCUT2D eigenvalue weighted by Crippen LogP contribution is -2.30. The summed E-state index contributed by atoms with van der Waals surface area (Å²) in [5, 5.41) is 9.44. The van der Waals surface area contributed by atoms with Crippen LogP contribution in [0.2, 0.25) is 0 Å². The minimum Gasteiger partial charge on any atom is -0.192 e. The second kappa shape index (κ2) is 17.6. The molecule has 11 aromatic rings. The molecule has 4 aliphatic carbocycles. The van der Waals surface area contributed by atoms with Crippen LogP contribution in [0.5, 0.6) is 0 Å². The first-order chi connectivity index (χ1) is 37.0. The molecule has 75 heavy (non-hydrogen) atoms. The van der Waals surface area contributed by atoms with E-state index in [0.717, 1.165) is 5.56 Å². The van der Waals surface area contributed by atoms with Crippen LogP contribution in [0.1, 0.15) is 83.5 Å². The monoisotopic (exact) mass is 951 g/mol. The predicted octanol–water partition coefficient (Wildman–Crippen LogP) is 18.0. The molecule has 0 radical (unpaired) electrons. The minimum absolute atomic E-state index is 0.335. The second-order valence-electron chi connectivity index (χ2n) is 20.2. The van der Waals surface area contributed by atoms with E-state index in [0.29, 0.717) is 5.56 Å². The number of fused-ring (bicyclic) bond motifs is 18. The van der Waals surface area contributed by atoms with Gasteiger partial charge in [-0.1, -0.05) is 254 Å². The Balaban J connectivity index is 0.000000142. The van der Waals surface area contributed by atoms with Crippen molar-refractivity contribution in [2.75, 3.05) is 0 Å². The summed E-state index contributed by atoms with van der Waals surface area (Å²) >= 11 is 0. The van der Waals surface area contributed by atoms with Crippen LogP contribution in [0, 0.1) is 18.3 Å². The summed E-state index contributed by atoms with van der Waals surface area (Å²) in [6, 6.07) is 97.3. The third-order valence-electron chi connectivity index (χ3n) is 16.4. The maximum Gasteiger partial charge on any atom is 0.0991 e. The Bertz CT molecular complexity index is 4140. The molecule has 0 fully saturated rings. The van der Waals surface area contributed by atoms with Crippen molar-refractivity contribution in [1.82, 2.24) is 0 Å². The number of nitriles is 1. The average Bonchev–Trinajstić information content (AvgIpc) is 4.03. The van der Waals surface area contributed by atoms with Gasteiger partial charge in [-0.2, -0.15) is 5.26 Å². The zero-order chi connectivity index (χ0) is 50.1. The van der Waals surface area contributed by atoms with E-state index in [4.69, 9.17) is 0 Å². The first-order valence-electron chi connectivity index (χ1n) is 26.0. The molecule has 4 aliphatic rings. The van der Waals surface area contributed by atoms with Gasteiger partial charge < -0.3 is 0 Å². The lowest BCUT2D eigenvalue weighted by atomic mass is 9.65. The SMILES string of the molecule is C1=Cc2cc(-c3ccccc3)ccc2C2(c3ccccc31)c1ccccc1-c1ccccc12.Cc1ccc(-c2ccc3c(c2)-c2ccccc2C32c3ccccc3C=C(c3ccc(C#N)cc3)c3ccccc32)cc1. The number of rotatable bonds is 3. The average molecular weight is 952 g/mol. The highest BCUT2D eigenvalue weighted by Gasteiger charge is 2.50. The van der Waals surface area contributed by atoms with E-state index in [2.05, 4.69) is 280 Å². The highest BCUT2D eigenvalue weighted by atomic mass is 14.5. The first-order valence-corrected chi connectivity index (χ1v) is 26.0. The molecule has 15 rings (SSSR count). The van der Waals surface area contributed by atoms with E-state index in [1.165, 1.54) is 122 Å². The Morgan fingerprint density at radius 3 is 1.32 bits per heavy atom. The summed E-state index contributed by atoms with van der Waals surface area (Å²) in [5.41, 5.74) is 29.2. The van der Waals surface area contributed by atoms with Crippen LogP contribution in [-0.2, 0) is 10.8 Å². The van der Waals surface area contributed by atoms with Crippen LogP contribution in [0.25, 0.3) is 68.3 Å². The molecule has 1 atom stereocenters. The molecular weight excluding hydrogens is 903 g/mol. The Labute approximate surface area is 439 Å². The number of benzene rings is 11. The summed E-state index contributed by atoms with van der Waals surface area (Å²) in [6.45, 7) is 2.13. The molecule has 350 valence electrons. The van der Waals surface area contributed by atoms with E-state index in [1.807, 2.05) is 12.1 Å². The highest BCUT2D eigenvalue weighted by molar-refractivity contribution is 6.00. The van der Waals surface area contributed by atoms with Gasteiger partial charge in [0.1, 0.15) is 0 Å². The smallest absolute Gasteiger partial charge is 0.0991 e. The molecule has 1 unspecified atom stereocenters. The summed E-state index contributed by atoms with van der Waals surface area (Å²) in [7, 11) is 0. The molecule has 11 aromatic carbocycles. The number of hydrogen-bond donors (Lipinski definition) is 0. The fourth-order valence-electron chi connectivity index (χ4n) is 13.1. The summed E-state index contributed by atoms with van der Waals surface area (Å²) < 4.78 is 0. The molecule has 0 aliphatic heterocycles. The molecule has 0 saturated carbocycles. The molecule has 0 heterocycles. The van der Waals surface area contributed by atoms with Gasteiger partial charge in [0, 0.05) is 0 Å². The number of nitrogens with zero attached hydrogens (tertiary/aromatic N) is 1. The van der Waals surface area contributed by atoms with Gasteiger partial charge in [-0.25, -0.2) is 0 Å². The predicted molar refractivity (Wildman–Crippen MR) is 310 cm³/mol. The van der Waals surface area contributed by atoms with Gasteiger partial charge in [0.05, 0.1) is 22.5 Å². The Kier molecular flexibility index (Phi) is 10.3. The van der Waals surface area contributed by atoms with E-state index in [9.17, 15) is 5.26 Å². The van der Waals surface area contributed by atoms with E-state index in [1.54, 1.807) is 0 Å².